The summed E-state index contributed by atoms with van der Waals surface area (Å²) in [6, 6.07) is 0. The van der Waals surface area contributed by atoms with Crippen molar-refractivity contribution in [3.05, 3.63) is 23.8 Å². The maximum atomic E-state index is 12.4. The number of allylic oxidation sites excluding steroid dienone is 3. The molecular formula is C23H32IO4P. The van der Waals surface area contributed by atoms with Crippen LogP contribution in [0.15, 0.2) is 23.8 Å². The van der Waals surface area contributed by atoms with Crippen molar-refractivity contribution >= 4 is 40.2 Å². The van der Waals surface area contributed by atoms with E-state index in [-0.39, 0.29) is 23.8 Å². The van der Waals surface area contributed by atoms with Gasteiger partial charge in [-0.05, 0) is 79.0 Å². The molecule has 0 aromatic rings. The minimum atomic E-state index is -0.139. The molecule has 6 atom stereocenters. The Kier molecular flexibility index (Phi) is 10.9. The molecule has 2 rings (SSSR count). The molecule has 2 saturated carbocycles. The van der Waals surface area contributed by atoms with Crippen molar-refractivity contribution in [3.63, 3.8) is 0 Å². The second-order valence-corrected chi connectivity index (χ2v) is 9.71. The average molecular weight is 530 g/mol. The first-order valence-corrected chi connectivity index (χ1v) is 14.4. The van der Waals surface area contributed by atoms with Gasteiger partial charge in [-0.3, -0.25) is 9.59 Å². The van der Waals surface area contributed by atoms with Crippen LogP contribution in [0.5, 0.6) is 0 Å². The molecule has 0 bridgehead atoms. The van der Waals surface area contributed by atoms with Crippen LogP contribution in [0.1, 0.15) is 58.8 Å². The summed E-state index contributed by atoms with van der Waals surface area (Å²) in [6.07, 6.45) is 12.5. The number of halogens is 1. The summed E-state index contributed by atoms with van der Waals surface area (Å²) < 4.78 is 10.7. The fourth-order valence-corrected chi connectivity index (χ4v) is 5.83. The normalized spacial score (nSPS) is 28.6. The highest BCUT2D eigenvalue weighted by molar-refractivity contribution is 14.2. The molecule has 0 aromatic carbocycles. The maximum absolute atomic E-state index is 12.4. The first-order valence-electron chi connectivity index (χ1n) is 10.4. The second-order valence-electron chi connectivity index (χ2n) is 8.00. The summed E-state index contributed by atoms with van der Waals surface area (Å²) in [4.78, 5) is 23.7. The average Bonchev–Trinajstić information content (AvgIpc) is 3.24. The lowest BCUT2D eigenvalue weighted by Gasteiger charge is -2.20. The minimum Gasteiger partial charge on any atom is -0.469 e. The van der Waals surface area contributed by atoms with Gasteiger partial charge in [-0.25, -0.2) is 0 Å². The van der Waals surface area contributed by atoms with Gasteiger partial charge in [0.05, 0.1) is 19.7 Å². The van der Waals surface area contributed by atoms with Crippen molar-refractivity contribution in [2.45, 2.75) is 64.9 Å². The van der Waals surface area contributed by atoms with Crippen LogP contribution in [0.3, 0.4) is 0 Å². The number of fused-ring (bicyclic) bond motifs is 1. The van der Waals surface area contributed by atoms with Gasteiger partial charge in [0.1, 0.15) is 0 Å². The van der Waals surface area contributed by atoms with Crippen LogP contribution in [-0.2, 0) is 18.8 Å². The van der Waals surface area contributed by atoms with Crippen LogP contribution in [0.4, 0.5) is 0 Å². The van der Waals surface area contributed by atoms with Crippen molar-refractivity contribution in [2.75, 3.05) is 7.11 Å². The molecule has 0 aromatic heterocycles. The molecule has 2 aliphatic rings. The van der Waals surface area contributed by atoms with E-state index in [4.69, 9.17) is 9.26 Å². The number of ether oxygens (including phenoxy) is 1. The topological polar surface area (TPSA) is 52.6 Å². The predicted molar refractivity (Wildman–Crippen MR) is 127 cm³/mol. The van der Waals surface area contributed by atoms with Crippen molar-refractivity contribution in [2.24, 2.45) is 23.7 Å². The van der Waals surface area contributed by atoms with Gasteiger partial charge >= 0.3 is 5.97 Å². The van der Waals surface area contributed by atoms with Crippen LogP contribution in [0, 0.1) is 35.5 Å². The summed E-state index contributed by atoms with van der Waals surface area (Å²) in [6.45, 7) is 4.19. The summed E-state index contributed by atoms with van der Waals surface area (Å²) in [5.41, 5.74) is 1.50. The van der Waals surface area contributed by atoms with E-state index in [0.717, 1.165) is 32.1 Å². The summed E-state index contributed by atoms with van der Waals surface area (Å²) in [5.74, 6) is 7.30. The molecule has 3 unspecified atom stereocenters. The number of rotatable bonds is 10. The number of methoxy groups -OCH3 is 1. The first kappa shape index (κ1) is 24.6. The number of carbonyl (C=O) groups excluding carboxylic acids is 2. The zero-order valence-corrected chi connectivity index (χ0v) is 20.7. The van der Waals surface area contributed by atoms with Crippen LogP contribution in [0.2, 0.25) is 0 Å². The molecule has 0 saturated heterocycles. The molecule has 29 heavy (non-hydrogen) atoms. The fraction of sp³-hybridized carbons (Fsp3) is 0.652. The number of unbranched alkanes of at least 4 members (excludes halogenated alkanes) is 1. The highest BCUT2D eigenvalue weighted by Gasteiger charge is 2.46. The fourth-order valence-electron chi connectivity index (χ4n) is 4.48. The molecule has 0 N–H and O–H groups in total. The highest BCUT2D eigenvalue weighted by Crippen LogP contribution is 2.53. The van der Waals surface area contributed by atoms with E-state index in [0.29, 0.717) is 37.0 Å². The van der Waals surface area contributed by atoms with Crippen LogP contribution in [0.25, 0.3) is 0 Å². The molecule has 6 heteroatoms. The van der Waals surface area contributed by atoms with Gasteiger partial charge in [-0.15, -0.1) is 11.8 Å². The number of hydrogen-bond acceptors (Lipinski definition) is 4. The van der Waals surface area contributed by atoms with Crippen molar-refractivity contribution in [1.82, 2.24) is 0 Å². The zero-order chi connectivity index (χ0) is 21.2. The molecule has 0 spiro atoms. The van der Waals surface area contributed by atoms with Gasteiger partial charge in [0.25, 0.3) is 0 Å². The Morgan fingerprint density at radius 1 is 1.38 bits per heavy atom. The van der Waals surface area contributed by atoms with E-state index in [9.17, 15) is 9.59 Å². The molecule has 0 heterocycles. The zero-order valence-electron chi connectivity index (χ0n) is 17.6. The van der Waals surface area contributed by atoms with Gasteiger partial charge in [0.15, 0.2) is 5.78 Å². The summed E-state index contributed by atoms with van der Waals surface area (Å²) >= 11 is 2.28. The number of ketones is 1. The second kappa shape index (κ2) is 12.9. The lowest BCUT2D eigenvalue weighted by molar-refractivity contribution is -0.140. The molecule has 2 fully saturated rings. The third kappa shape index (κ3) is 7.49. The number of hydrogen-bond donors (Lipinski definition) is 0. The standard InChI is InChI=1S/C23H32IO4P/c1-4-5-8-16(2)21(25)12-11-19-20-14-17(9-6-7-10-23(26)27-3)13-18(20)15-22(19)28-29-24/h9,11-12,16,18-20,22,29H,6-8,10,13-15H2,1-3H3/b12-11+,17-9?/t16?,18-,19?,20-,22+/m0/s1. The van der Waals surface area contributed by atoms with E-state index in [1.165, 1.54) is 12.7 Å². The Morgan fingerprint density at radius 3 is 2.86 bits per heavy atom. The Labute approximate surface area is 190 Å². The Morgan fingerprint density at radius 2 is 2.17 bits per heavy atom. The van der Waals surface area contributed by atoms with Crippen LogP contribution < -0.4 is 0 Å². The van der Waals surface area contributed by atoms with Crippen LogP contribution >= 0.6 is 28.5 Å². The molecule has 0 aliphatic heterocycles. The Bertz CT molecular complexity index is 691. The Hall–Kier alpha value is -0.700. The van der Waals surface area contributed by atoms with Gasteiger partial charge in [-0.2, -0.15) is 0 Å². The molecule has 160 valence electrons. The molecule has 4 nitrogen and oxygen atoms in total. The summed E-state index contributed by atoms with van der Waals surface area (Å²) in [7, 11) is 1.43. The molecule has 0 amide bonds. The molecular weight excluding hydrogens is 498 g/mol. The monoisotopic (exact) mass is 530 g/mol. The lowest BCUT2D eigenvalue weighted by Crippen LogP contribution is -2.18. The van der Waals surface area contributed by atoms with Gasteiger partial charge < -0.3 is 9.26 Å². The largest absolute Gasteiger partial charge is 0.469 e. The molecule has 2 aliphatic carbocycles. The summed E-state index contributed by atoms with van der Waals surface area (Å²) in [5, 5.41) is 0. The van der Waals surface area contributed by atoms with Crippen molar-refractivity contribution < 1.29 is 18.8 Å². The van der Waals surface area contributed by atoms with Gasteiger partial charge in [0.2, 0.25) is 0 Å². The van der Waals surface area contributed by atoms with E-state index in [1.807, 2.05) is 6.92 Å². The number of esters is 1. The van der Waals surface area contributed by atoms with Crippen LogP contribution in [-0.4, -0.2) is 25.0 Å². The number of carbonyl (C=O) groups is 2. The first-order chi connectivity index (χ1) is 14.0. The lowest BCUT2D eigenvalue weighted by atomic mass is 9.89. The van der Waals surface area contributed by atoms with Gasteiger partial charge in [-0.1, -0.05) is 24.6 Å². The quantitative estimate of drug-likeness (QED) is 0.0681. The predicted octanol–water partition coefficient (Wildman–Crippen LogP) is 5.81. The SMILES string of the molecule is CC#CCC(C)C(=O)/C=C/C1[C@H]2CC(=CCCCC(=O)OC)C[C@H]2C[C@H]1OPI. The smallest absolute Gasteiger partial charge is 0.305 e. The third-order valence-electron chi connectivity index (χ3n) is 6.08. The van der Waals surface area contributed by atoms with E-state index in [1.54, 1.807) is 13.0 Å². The van der Waals surface area contributed by atoms with E-state index in [2.05, 4.69) is 46.0 Å². The van der Waals surface area contributed by atoms with E-state index < -0.39 is 0 Å². The minimum absolute atomic E-state index is 0.0597. The third-order valence-corrected chi connectivity index (χ3v) is 7.24. The van der Waals surface area contributed by atoms with Crippen molar-refractivity contribution in [1.29, 1.82) is 0 Å². The van der Waals surface area contributed by atoms with Gasteiger partial charge in [0, 0.05) is 24.7 Å². The van der Waals surface area contributed by atoms with E-state index >= 15 is 0 Å². The maximum Gasteiger partial charge on any atom is 0.305 e. The Balaban J connectivity index is 1.96. The van der Waals surface area contributed by atoms with Crippen molar-refractivity contribution in [3.8, 4) is 11.8 Å². The molecule has 0 radical (unpaired) electrons. The highest BCUT2D eigenvalue weighted by atomic mass is 127.